The average molecular weight is 460 g/mol. The minimum absolute atomic E-state index is 0.108. The normalized spacial score (nSPS) is 14.8. The van der Waals surface area contributed by atoms with Crippen LogP contribution < -0.4 is 15.0 Å². The van der Waals surface area contributed by atoms with Gasteiger partial charge in [0.25, 0.3) is 11.8 Å². The number of ether oxygens (including phenoxy) is 1. The van der Waals surface area contributed by atoms with Gasteiger partial charge in [0.15, 0.2) is 0 Å². The van der Waals surface area contributed by atoms with Crippen LogP contribution in [0.1, 0.15) is 21.5 Å². The Hall–Kier alpha value is -4.79. The highest BCUT2D eigenvalue weighted by atomic mass is 19.1. The SMILES string of the molecule is O=C1NC(=O)N(c2ccc(F)cc2)C(=O)/C1=C/c1ccccc1OCc1ccc(C(=O)O)cc1. The molecule has 0 saturated carbocycles. The summed E-state index contributed by atoms with van der Waals surface area (Å²) >= 11 is 0. The van der Waals surface area contributed by atoms with E-state index in [-0.39, 0.29) is 23.4 Å². The molecule has 4 rings (SSSR count). The lowest BCUT2D eigenvalue weighted by Gasteiger charge is -2.26. The number of carboxylic acid groups (broad SMARTS) is 1. The number of anilines is 1. The van der Waals surface area contributed by atoms with Crippen LogP contribution in [0.4, 0.5) is 14.9 Å². The molecule has 0 atom stereocenters. The van der Waals surface area contributed by atoms with Crippen molar-refractivity contribution in [3.8, 4) is 5.75 Å². The van der Waals surface area contributed by atoms with Gasteiger partial charge in [0.05, 0.1) is 11.3 Å². The highest BCUT2D eigenvalue weighted by Gasteiger charge is 2.37. The van der Waals surface area contributed by atoms with Crippen molar-refractivity contribution >= 4 is 35.6 Å². The zero-order valence-electron chi connectivity index (χ0n) is 17.5. The third-order valence-electron chi connectivity index (χ3n) is 5.00. The molecular weight excluding hydrogens is 443 g/mol. The highest BCUT2D eigenvalue weighted by Crippen LogP contribution is 2.26. The van der Waals surface area contributed by atoms with Gasteiger partial charge in [-0.2, -0.15) is 0 Å². The summed E-state index contributed by atoms with van der Waals surface area (Å²) in [5.74, 6) is -2.94. The van der Waals surface area contributed by atoms with E-state index in [2.05, 4.69) is 5.32 Å². The lowest BCUT2D eigenvalue weighted by molar-refractivity contribution is -0.122. The number of nitrogens with one attached hydrogen (secondary N) is 1. The van der Waals surface area contributed by atoms with Crippen LogP contribution in [0.5, 0.6) is 5.75 Å². The standard InChI is InChI=1S/C25H17FN2O6/c26-18-9-11-19(12-10-18)28-23(30)20(22(29)27-25(28)33)13-17-3-1-2-4-21(17)34-14-15-5-7-16(8-6-15)24(31)32/h1-13H,14H2,(H,31,32)(H,27,29,33)/b20-13+. The number of benzene rings is 3. The second kappa shape index (κ2) is 9.37. The Morgan fingerprint density at radius 2 is 1.65 bits per heavy atom. The van der Waals surface area contributed by atoms with Crippen molar-refractivity contribution in [1.29, 1.82) is 0 Å². The minimum atomic E-state index is -1.03. The summed E-state index contributed by atoms with van der Waals surface area (Å²) in [5.41, 5.74) is 1.09. The zero-order valence-corrected chi connectivity index (χ0v) is 17.5. The molecule has 34 heavy (non-hydrogen) atoms. The number of amides is 4. The Morgan fingerprint density at radius 1 is 0.971 bits per heavy atom. The number of barbiturate groups is 1. The summed E-state index contributed by atoms with van der Waals surface area (Å²) < 4.78 is 19.1. The van der Waals surface area contributed by atoms with Crippen molar-refractivity contribution < 1.29 is 33.4 Å². The molecule has 9 heteroatoms. The first kappa shape index (κ1) is 22.4. The Balaban J connectivity index is 1.59. The molecule has 0 aliphatic carbocycles. The quantitative estimate of drug-likeness (QED) is 0.428. The van der Waals surface area contributed by atoms with Gasteiger partial charge in [-0.3, -0.25) is 14.9 Å². The minimum Gasteiger partial charge on any atom is -0.488 e. The third kappa shape index (κ3) is 4.68. The number of hydrogen-bond donors (Lipinski definition) is 2. The molecule has 4 amide bonds. The maximum Gasteiger partial charge on any atom is 0.335 e. The average Bonchev–Trinajstić information content (AvgIpc) is 2.82. The fraction of sp³-hybridized carbons (Fsp3) is 0.0400. The largest absolute Gasteiger partial charge is 0.488 e. The van der Waals surface area contributed by atoms with E-state index in [0.717, 1.165) is 17.0 Å². The van der Waals surface area contributed by atoms with Crippen LogP contribution in [-0.2, 0) is 16.2 Å². The summed E-state index contributed by atoms with van der Waals surface area (Å²) in [6.45, 7) is 0.112. The maximum absolute atomic E-state index is 13.3. The van der Waals surface area contributed by atoms with Gasteiger partial charge in [-0.1, -0.05) is 30.3 Å². The molecule has 1 heterocycles. The van der Waals surface area contributed by atoms with E-state index < -0.39 is 29.6 Å². The summed E-state index contributed by atoms with van der Waals surface area (Å²) in [5, 5.41) is 11.1. The predicted molar refractivity (Wildman–Crippen MR) is 120 cm³/mol. The van der Waals surface area contributed by atoms with E-state index in [1.807, 2.05) is 0 Å². The molecule has 1 aliphatic heterocycles. The number of imide groups is 2. The molecule has 0 radical (unpaired) electrons. The molecule has 3 aromatic carbocycles. The molecule has 3 aromatic rings. The molecule has 170 valence electrons. The van der Waals surface area contributed by atoms with E-state index in [9.17, 15) is 23.6 Å². The molecule has 0 aromatic heterocycles. The van der Waals surface area contributed by atoms with Crippen LogP contribution >= 0.6 is 0 Å². The third-order valence-corrected chi connectivity index (χ3v) is 5.00. The second-order valence-electron chi connectivity index (χ2n) is 7.26. The Bertz CT molecular complexity index is 1320. The summed E-state index contributed by atoms with van der Waals surface area (Å²) in [4.78, 5) is 49.5. The van der Waals surface area contributed by atoms with Crippen LogP contribution in [0.15, 0.2) is 78.4 Å². The van der Waals surface area contributed by atoms with Crippen LogP contribution in [0.3, 0.4) is 0 Å². The molecule has 0 spiro atoms. The number of urea groups is 1. The highest BCUT2D eigenvalue weighted by molar-refractivity contribution is 6.39. The summed E-state index contributed by atoms with van der Waals surface area (Å²) in [6, 6.07) is 16.6. The van der Waals surface area contributed by atoms with Crippen molar-refractivity contribution in [3.63, 3.8) is 0 Å². The smallest absolute Gasteiger partial charge is 0.335 e. The van der Waals surface area contributed by atoms with Gasteiger partial charge >= 0.3 is 12.0 Å². The first-order valence-electron chi connectivity index (χ1n) is 10.0. The molecule has 8 nitrogen and oxygen atoms in total. The number of carbonyl (C=O) groups excluding carboxylic acids is 3. The zero-order chi connectivity index (χ0) is 24.2. The van der Waals surface area contributed by atoms with Crippen molar-refractivity contribution in [1.82, 2.24) is 5.32 Å². The molecule has 2 N–H and O–H groups in total. The summed E-state index contributed by atoms with van der Waals surface area (Å²) in [6.07, 6.45) is 1.31. The maximum atomic E-state index is 13.3. The molecular formula is C25H17FN2O6. The van der Waals surface area contributed by atoms with E-state index >= 15 is 0 Å². The monoisotopic (exact) mass is 460 g/mol. The van der Waals surface area contributed by atoms with E-state index in [1.165, 1.54) is 30.3 Å². The van der Waals surface area contributed by atoms with Gasteiger partial charge in [0, 0.05) is 5.56 Å². The van der Waals surface area contributed by atoms with Crippen LogP contribution in [0, 0.1) is 5.82 Å². The lowest BCUT2D eigenvalue weighted by atomic mass is 10.1. The molecule has 1 saturated heterocycles. The number of rotatable bonds is 6. The van der Waals surface area contributed by atoms with Crippen LogP contribution in [0.25, 0.3) is 6.08 Å². The predicted octanol–water partition coefficient (Wildman–Crippen LogP) is 3.77. The van der Waals surface area contributed by atoms with Gasteiger partial charge < -0.3 is 9.84 Å². The molecule has 0 unspecified atom stereocenters. The number of halogens is 1. The number of carbonyl (C=O) groups is 4. The first-order chi connectivity index (χ1) is 16.3. The van der Waals surface area contributed by atoms with Gasteiger partial charge in [-0.05, 0) is 54.1 Å². The van der Waals surface area contributed by atoms with Crippen molar-refractivity contribution in [3.05, 3.63) is 101 Å². The van der Waals surface area contributed by atoms with E-state index in [0.29, 0.717) is 16.9 Å². The van der Waals surface area contributed by atoms with Crippen molar-refractivity contribution in [2.75, 3.05) is 4.90 Å². The number of hydrogen-bond acceptors (Lipinski definition) is 5. The van der Waals surface area contributed by atoms with Gasteiger partial charge in [0.2, 0.25) is 0 Å². The van der Waals surface area contributed by atoms with Gasteiger partial charge in [-0.25, -0.2) is 18.9 Å². The molecule has 0 bridgehead atoms. The number of carboxylic acids is 1. The van der Waals surface area contributed by atoms with Crippen LogP contribution in [0.2, 0.25) is 0 Å². The Labute approximate surface area is 192 Å². The number of para-hydroxylation sites is 1. The second-order valence-corrected chi connectivity index (χ2v) is 7.26. The fourth-order valence-electron chi connectivity index (χ4n) is 3.27. The van der Waals surface area contributed by atoms with E-state index in [1.54, 1.807) is 36.4 Å². The fourth-order valence-corrected chi connectivity index (χ4v) is 3.27. The van der Waals surface area contributed by atoms with Crippen LogP contribution in [-0.4, -0.2) is 28.9 Å². The van der Waals surface area contributed by atoms with Crippen molar-refractivity contribution in [2.45, 2.75) is 6.61 Å². The first-order valence-corrected chi connectivity index (χ1v) is 10.0. The number of aromatic carboxylic acids is 1. The van der Waals surface area contributed by atoms with Crippen molar-refractivity contribution in [2.24, 2.45) is 0 Å². The Morgan fingerprint density at radius 3 is 2.32 bits per heavy atom. The Kier molecular flexibility index (Phi) is 6.18. The number of nitrogens with zero attached hydrogens (tertiary/aromatic N) is 1. The van der Waals surface area contributed by atoms with E-state index in [4.69, 9.17) is 9.84 Å². The molecule has 1 aliphatic rings. The van der Waals surface area contributed by atoms with Gasteiger partial charge in [-0.15, -0.1) is 0 Å². The van der Waals surface area contributed by atoms with Gasteiger partial charge in [0.1, 0.15) is 23.7 Å². The topological polar surface area (TPSA) is 113 Å². The summed E-state index contributed by atoms with van der Waals surface area (Å²) in [7, 11) is 0. The molecule has 1 fully saturated rings. The lowest BCUT2D eigenvalue weighted by Crippen LogP contribution is -2.54.